The second-order valence-corrected chi connectivity index (χ2v) is 3.69. The molecule has 0 heterocycles. The maximum absolute atomic E-state index is 9.61. The van der Waals surface area contributed by atoms with Crippen LogP contribution < -0.4 is 0 Å². The van der Waals surface area contributed by atoms with E-state index in [0.29, 0.717) is 13.2 Å². The van der Waals surface area contributed by atoms with Crippen LogP contribution in [0.1, 0.15) is 26.7 Å². The van der Waals surface area contributed by atoms with E-state index in [1.54, 1.807) is 7.11 Å². The summed E-state index contributed by atoms with van der Waals surface area (Å²) in [6.07, 6.45) is 0.952. The van der Waals surface area contributed by atoms with Crippen molar-refractivity contribution in [2.75, 3.05) is 33.5 Å². The Bertz CT molecular complexity index is 150. The van der Waals surface area contributed by atoms with Gasteiger partial charge in [0.1, 0.15) is 6.10 Å². The average molecular weight is 236 g/mol. The molecule has 0 radical (unpaired) electrons. The van der Waals surface area contributed by atoms with Crippen LogP contribution in [0.3, 0.4) is 0 Å². The van der Waals surface area contributed by atoms with Crippen molar-refractivity contribution < 1.29 is 24.4 Å². The van der Waals surface area contributed by atoms with Crippen LogP contribution in [0.4, 0.5) is 0 Å². The van der Waals surface area contributed by atoms with E-state index in [1.807, 2.05) is 6.92 Å². The molecule has 0 aliphatic carbocycles. The summed E-state index contributed by atoms with van der Waals surface area (Å²) < 4.78 is 15.7. The van der Waals surface area contributed by atoms with Crippen LogP contribution in [0.25, 0.3) is 0 Å². The molecule has 5 nitrogen and oxygen atoms in total. The number of hydrogen-bond donors (Lipinski definition) is 2. The molecule has 2 N–H and O–H groups in total. The fraction of sp³-hybridized carbons (Fsp3) is 1.00. The smallest absolute Gasteiger partial charge is 0.218 e. The molecular formula is C11H24O5. The van der Waals surface area contributed by atoms with Crippen molar-refractivity contribution in [1.29, 1.82) is 0 Å². The summed E-state index contributed by atoms with van der Waals surface area (Å²) in [5, 5.41) is 18.9. The van der Waals surface area contributed by atoms with E-state index in [0.717, 1.165) is 12.8 Å². The molecule has 0 aliphatic heterocycles. The first-order chi connectivity index (χ1) is 7.63. The highest BCUT2D eigenvalue weighted by Crippen LogP contribution is 2.18. The van der Waals surface area contributed by atoms with Gasteiger partial charge < -0.3 is 24.4 Å². The molecule has 0 rings (SSSR count). The number of ether oxygens (including phenoxy) is 3. The van der Waals surface area contributed by atoms with Crippen LogP contribution in [0.15, 0.2) is 0 Å². The molecule has 0 fully saturated rings. The maximum atomic E-state index is 9.61. The highest BCUT2D eigenvalue weighted by molar-refractivity contribution is 4.75. The third kappa shape index (κ3) is 5.23. The van der Waals surface area contributed by atoms with Gasteiger partial charge in [-0.05, 0) is 13.3 Å². The number of hydrogen-bond acceptors (Lipinski definition) is 5. The van der Waals surface area contributed by atoms with E-state index in [-0.39, 0.29) is 13.2 Å². The van der Waals surface area contributed by atoms with Gasteiger partial charge in [0, 0.05) is 7.11 Å². The van der Waals surface area contributed by atoms with E-state index in [9.17, 15) is 10.2 Å². The van der Waals surface area contributed by atoms with Crippen molar-refractivity contribution in [2.24, 2.45) is 0 Å². The zero-order chi connectivity index (χ0) is 12.4. The minimum Gasteiger partial charge on any atom is -0.391 e. The molecule has 0 aromatic rings. The number of aliphatic hydroxyl groups is 2. The molecule has 0 aromatic carbocycles. The molecule has 0 aliphatic rings. The molecule has 98 valence electrons. The summed E-state index contributed by atoms with van der Waals surface area (Å²) in [6, 6.07) is 0. The Labute approximate surface area is 97.3 Å². The van der Waals surface area contributed by atoms with E-state index in [2.05, 4.69) is 0 Å². The predicted molar refractivity (Wildman–Crippen MR) is 60.2 cm³/mol. The normalized spacial score (nSPS) is 17.1. The Kier molecular flexibility index (Phi) is 8.78. The van der Waals surface area contributed by atoms with Gasteiger partial charge in [0.25, 0.3) is 0 Å². The maximum Gasteiger partial charge on any atom is 0.218 e. The highest BCUT2D eigenvalue weighted by Gasteiger charge is 2.37. The van der Waals surface area contributed by atoms with Crippen molar-refractivity contribution >= 4 is 0 Å². The van der Waals surface area contributed by atoms with Crippen molar-refractivity contribution in [3.8, 4) is 0 Å². The summed E-state index contributed by atoms with van der Waals surface area (Å²) >= 11 is 0. The van der Waals surface area contributed by atoms with Gasteiger partial charge in [-0.1, -0.05) is 13.3 Å². The number of rotatable bonds is 10. The third-order valence-electron chi connectivity index (χ3n) is 2.34. The largest absolute Gasteiger partial charge is 0.391 e. The SMILES string of the molecule is CCCCOC(CO)(OCCOC)C(C)O. The fourth-order valence-corrected chi connectivity index (χ4v) is 1.19. The average Bonchev–Trinajstić information content (AvgIpc) is 2.27. The van der Waals surface area contributed by atoms with Gasteiger partial charge in [0.05, 0.1) is 26.4 Å². The Balaban J connectivity index is 4.21. The lowest BCUT2D eigenvalue weighted by molar-refractivity contribution is -0.296. The number of unbranched alkanes of at least 4 members (excludes halogenated alkanes) is 1. The van der Waals surface area contributed by atoms with Gasteiger partial charge in [-0.2, -0.15) is 0 Å². The van der Waals surface area contributed by atoms with Crippen molar-refractivity contribution in [3.63, 3.8) is 0 Å². The fourth-order valence-electron chi connectivity index (χ4n) is 1.19. The standard InChI is InChI=1S/C11H24O5/c1-4-5-6-15-11(9-12,10(2)13)16-8-7-14-3/h10,12-13H,4-9H2,1-3H3. The molecule has 0 aromatic heterocycles. The summed E-state index contributed by atoms with van der Waals surface area (Å²) in [6.45, 7) is 4.32. The summed E-state index contributed by atoms with van der Waals surface area (Å²) in [5.74, 6) is -1.33. The van der Waals surface area contributed by atoms with E-state index in [1.165, 1.54) is 6.92 Å². The van der Waals surface area contributed by atoms with Gasteiger partial charge in [-0.3, -0.25) is 0 Å². The minimum atomic E-state index is -1.33. The van der Waals surface area contributed by atoms with Crippen molar-refractivity contribution in [1.82, 2.24) is 0 Å². The molecule has 2 atom stereocenters. The summed E-state index contributed by atoms with van der Waals surface area (Å²) in [5.41, 5.74) is 0. The molecule has 0 bridgehead atoms. The zero-order valence-corrected chi connectivity index (χ0v) is 10.4. The first-order valence-corrected chi connectivity index (χ1v) is 5.68. The predicted octanol–water partition coefficient (Wildman–Crippen LogP) is 0.535. The van der Waals surface area contributed by atoms with E-state index in [4.69, 9.17) is 14.2 Å². The second-order valence-electron chi connectivity index (χ2n) is 3.69. The van der Waals surface area contributed by atoms with Crippen LogP contribution in [0.2, 0.25) is 0 Å². The number of aliphatic hydroxyl groups excluding tert-OH is 2. The minimum absolute atomic E-state index is 0.272. The molecule has 0 saturated carbocycles. The molecule has 0 amide bonds. The lowest BCUT2D eigenvalue weighted by atomic mass is 10.1. The van der Waals surface area contributed by atoms with Gasteiger partial charge in [-0.25, -0.2) is 0 Å². The lowest BCUT2D eigenvalue weighted by Gasteiger charge is -2.34. The molecule has 0 saturated heterocycles. The van der Waals surface area contributed by atoms with Crippen molar-refractivity contribution in [3.05, 3.63) is 0 Å². The third-order valence-corrected chi connectivity index (χ3v) is 2.34. The quantitative estimate of drug-likeness (QED) is 0.428. The lowest BCUT2D eigenvalue weighted by Crippen LogP contribution is -2.50. The first kappa shape index (κ1) is 15.8. The molecule has 0 spiro atoms. The van der Waals surface area contributed by atoms with Crippen LogP contribution in [0.5, 0.6) is 0 Å². The zero-order valence-electron chi connectivity index (χ0n) is 10.4. The van der Waals surface area contributed by atoms with E-state index < -0.39 is 11.9 Å². The Hall–Kier alpha value is -0.200. The molecule has 16 heavy (non-hydrogen) atoms. The van der Waals surface area contributed by atoms with Crippen LogP contribution >= 0.6 is 0 Å². The Morgan fingerprint density at radius 2 is 1.81 bits per heavy atom. The van der Waals surface area contributed by atoms with Crippen molar-refractivity contribution in [2.45, 2.75) is 38.6 Å². The Morgan fingerprint density at radius 3 is 2.25 bits per heavy atom. The molecular weight excluding hydrogens is 212 g/mol. The number of methoxy groups -OCH3 is 1. The Morgan fingerprint density at radius 1 is 1.19 bits per heavy atom. The first-order valence-electron chi connectivity index (χ1n) is 5.68. The second kappa shape index (κ2) is 8.90. The highest BCUT2D eigenvalue weighted by atomic mass is 16.7. The molecule has 2 unspecified atom stereocenters. The van der Waals surface area contributed by atoms with Gasteiger partial charge >= 0.3 is 0 Å². The van der Waals surface area contributed by atoms with Crippen LogP contribution in [-0.4, -0.2) is 55.6 Å². The van der Waals surface area contributed by atoms with Gasteiger partial charge in [0.2, 0.25) is 5.79 Å². The summed E-state index contributed by atoms with van der Waals surface area (Å²) in [7, 11) is 1.56. The van der Waals surface area contributed by atoms with Crippen LogP contribution in [0, 0.1) is 0 Å². The summed E-state index contributed by atoms with van der Waals surface area (Å²) in [4.78, 5) is 0. The topological polar surface area (TPSA) is 68.2 Å². The van der Waals surface area contributed by atoms with E-state index >= 15 is 0 Å². The van der Waals surface area contributed by atoms with Gasteiger partial charge in [-0.15, -0.1) is 0 Å². The monoisotopic (exact) mass is 236 g/mol. The van der Waals surface area contributed by atoms with Gasteiger partial charge in [0.15, 0.2) is 0 Å². The van der Waals surface area contributed by atoms with Crippen LogP contribution in [-0.2, 0) is 14.2 Å². The molecule has 5 heteroatoms.